The Hall–Kier alpha value is -0.970. The van der Waals surface area contributed by atoms with Crippen LogP contribution in [0.25, 0.3) is 0 Å². The topological polar surface area (TPSA) is 43.4 Å². The molecule has 1 saturated heterocycles. The Morgan fingerprint density at radius 2 is 2.05 bits per heavy atom. The summed E-state index contributed by atoms with van der Waals surface area (Å²) in [7, 11) is 0. The number of pyridine rings is 1. The van der Waals surface area contributed by atoms with E-state index in [0.29, 0.717) is 6.04 Å². The molecule has 4 heteroatoms. The summed E-state index contributed by atoms with van der Waals surface area (Å²) in [6, 6.07) is 4.74. The Morgan fingerprint density at radius 1 is 1.30 bits per heavy atom. The predicted octanol–water partition coefficient (Wildman–Crippen LogP) is 2.42. The molecule has 1 aromatic rings. The van der Waals surface area contributed by atoms with Gasteiger partial charge in [-0.15, -0.1) is 0 Å². The first-order valence-electron chi connectivity index (χ1n) is 7.75. The lowest BCUT2D eigenvalue weighted by Crippen LogP contribution is -2.41. The van der Waals surface area contributed by atoms with Crippen molar-refractivity contribution >= 4 is 0 Å². The van der Waals surface area contributed by atoms with Crippen molar-refractivity contribution in [3.8, 4) is 0 Å². The largest absolute Gasteiger partial charge is 0.348 e. The number of hydrogen-bond acceptors (Lipinski definition) is 4. The monoisotopic (exact) mass is 276 g/mol. The molecule has 1 saturated carbocycles. The molecule has 3 rings (SSSR count). The Morgan fingerprint density at radius 3 is 2.75 bits per heavy atom. The van der Waals surface area contributed by atoms with Crippen LogP contribution in [-0.4, -0.2) is 30.0 Å². The molecule has 2 aliphatic rings. The van der Waals surface area contributed by atoms with Crippen LogP contribution < -0.4 is 5.32 Å². The van der Waals surface area contributed by atoms with Gasteiger partial charge in [-0.1, -0.05) is 13.0 Å². The summed E-state index contributed by atoms with van der Waals surface area (Å²) in [5, 5.41) is 3.65. The molecule has 0 aromatic carbocycles. The Balaban J connectivity index is 1.50. The number of hydrogen-bond donors (Lipinski definition) is 1. The normalized spacial score (nSPS) is 22.4. The van der Waals surface area contributed by atoms with Crippen LogP contribution in [0.2, 0.25) is 0 Å². The summed E-state index contributed by atoms with van der Waals surface area (Å²) in [5.74, 6) is -0.252. The molecule has 20 heavy (non-hydrogen) atoms. The minimum atomic E-state index is -0.252. The minimum absolute atomic E-state index is 0.252. The summed E-state index contributed by atoms with van der Waals surface area (Å²) in [6.07, 6.45) is 7.18. The molecule has 1 aliphatic carbocycles. The zero-order valence-electron chi connectivity index (χ0n) is 12.2. The van der Waals surface area contributed by atoms with Crippen LogP contribution in [0.5, 0.6) is 0 Å². The number of ether oxygens (including phenoxy) is 2. The summed E-state index contributed by atoms with van der Waals surface area (Å²) in [4.78, 5) is 4.49. The maximum absolute atomic E-state index is 5.77. The maximum Gasteiger partial charge on any atom is 0.168 e. The van der Waals surface area contributed by atoms with Crippen molar-refractivity contribution in [1.29, 1.82) is 0 Å². The fourth-order valence-electron chi connectivity index (χ4n) is 3.24. The van der Waals surface area contributed by atoms with Crippen LogP contribution in [0.3, 0.4) is 0 Å². The highest BCUT2D eigenvalue weighted by atomic mass is 16.7. The van der Waals surface area contributed by atoms with Gasteiger partial charge in [-0.2, -0.15) is 0 Å². The standard InChI is InChI=1S/C16H24N2O2/c1-2-13-4-3-9-17-15(13)12-18-14-5-7-16(8-6-14)19-10-11-20-16/h3-4,9,14,18H,2,5-8,10-12H2,1H3. The lowest BCUT2D eigenvalue weighted by molar-refractivity contribution is -0.179. The van der Waals surface area contributed by atoms with Gasteiger partial charge in [0.2, 0.25) is 0 Å². The van der Waals surface area contributed by atoms with Gasteiger partial charge in [0.1, 0.15) is 0 Å². The van der Waals surface area contributed by atoms with Crippen molar-refractivity contribution in [3.63, 3.8) is 0 Å². The van der Waals surface area contributed by atoms with Gasteiger partial charge in [0.25, 0.3) is 0 Å². The van der Waals surface area contributed by atoms with Gasteiger partial charge in [-0.25, -0.2) is 0 Å². The number of aromatic nitrogens is 1. The SMILES string of the molecule is CCc1cccnc1CNC1CCC2(CC1)OCCO2. The lowest BCUT2D eigenvalue weighted by atomic mass is 9.90. The average molecular weight is 276 g/mol. The number of aryl methyl sites for hydroxylation is 1. The fraction of sp³-hybridized carbons (Fsp3) is 0.688. The van der Waals surface area contributed by atoms with E-state index in [9.17, 15) is 0 Å². The van der Waals surface area contributed by atoms with E-state index in [-0.39, 0.29) is 5.79 Å². The van der Waals surface area contributed by atoms with E-state index in [4.69, 9.17) is 9.47 Å². The minimum Gasteiger partial charge on any atom is -0.348 e. The number of rotatable bonds is 4. The molecule has 0 amide bonds. The van der Waals surface area contributed by atoms with Gasteiger partial charge in [-0.05, 0) is 30.9 Å². The van der Waals surface area contributed by atoms with E-state index in [2.05, 4.69) is 23.3 Å². The highest BCUT2D eigenvalue weighted by Crippen LogP contribution is 2.35. The second-order valence-electron chi connectivity index (χ2n) is 5.73. The average Bonchev–Trinajstić information content (AvgIpc) is 2.95. The van der Waals surface area contributed by atoms with Crippen molar-refractivity contribution in [2.75, 3.05) is 13.2 Å². The van der Waals surface area contributed by atoms with Crippen LogP contribution in [0.4, 0.5) is 0 Å². The van der Waals surface area contributed by atoms with Crippen molar-refractivity contribution in [3.05, 3.63) is 29.6 Å². The summed E-state index contributed by atoms with van der Waals surface area (Å²) in [6.45, 7) is 4.56. The number of nitrogens with zero attached hydrogens (tertiary/aromatic N) is 1. The molecule has 0 atom stereocenters. The molecule has 4 nitrogen and oxygen atoms in total. The molecule has 2 heterocycles. The Kier molecular flexibility index (Phi) is 4.34. The molecular weight excluding hydrogens is 252 g/mol. The van der Waals surface area contributed by atoms with E-state index in [1.165, 1.54) is 11.3 Å². The van der Waals surface area contributed by atoms with Crippen LogP contribution >= 0.6 is 0 Å². The first-order valence-corrected chi connectivity index (χ1v) is 7.75. The molecule has 1 N–H and O–H groups in total. The lowest BCUT2D eigenvalue weighted by Gasteiger charge is -2.35. The zero-order valence-corrected chi connectivity index (χ0v) is 12.2. The van der Waals surface area contributed by atoms with Gasteiger partial charge >= 0.3 is 0 Å². The quantitative estimate of drug-likeness (QED) is 0.917. The molecule has 110 valence electrons. The van der Waals surface area contributed by atoms with Crippen LogP contribution in [0.15, 0.2) is 18.3 Å². The second kappa shape index (κ2) is 6.20. The van der Waals surface area contributed by atoms with E-state index in [1.807, 2.05) is 12.3 Å². The molecular formula is C16H24N2O2. The van der Waals surface area contributed by atoms with E-state index >= 15 is 0 Å². The Bertz CT molecular complexity index is 434. The molecule has 2 fully saturated rings. The van der Waals surface area contributed by atoms with Crippen molar-refractivity contribution in [1.82, 2.24) is 10.3 Å². The smallest absolute Gasteiger partial charge is 0.168 e. The van der Waals surface area contributed by atoms with Gasteiger partial charge < -0.3 is 14.8 Å². The van der Waals surface area contributed by atoms with E-state index in [0.717, 1.165) is 51.9 Å². The summed E-state index contributed by atoms with van der Waals surface area (Å²) >= 11 is 0. The molecule has 1 aliphatic heterocycles. The van der Waals surface area contributed by atoms with Crippen molar-refractivity contribution in [2.45, 2.75) is 57.4 Å². The first kappa shape index (κ1) is 14.0. The highest BCUT2D eigenvalue weighted by Gasteiger charge is 2.40. The Labute approximate surface area is 120 Å². The van der Waals surface area contributed by atoms with Gasteiger partial charge in [0.05, 0.1) is 18.9 Å². The molecule has 0 bridgehead atoms. The van der Waals surface area contributed by atoms with E-state index < -0.39 is 0 Å². The van der Waals surface area contributed by atoms with E-state index in [1.54, 1.807) is 0 Å². The fourth-order valence-corrected chi connectivity index (χ4v) is 3.24. The highest BCUT2D eigenvalue weighted by molar-refractivity contribution is 5.19. The van der Waals surface area contributed by atoms with Crippen LogP contribution in [-0.2, 0) is 22.4 Å². The summed E-state index contributed by atoms with van der Waals surface area (Å²) < 4.78 is 11.5. The van der Waals surface area contributed by atoms with Crippen LogP contribution in [0.1, 0.15) is 43.9 Å². The third kappa shape index (κ3) is 3.03. The van der Waals surface area contributed by atoms with Crippen molar-refractivity contribution in [2.24, 2.45) is 0 Å². The molecule has 0 radical (unpaired) electrons. The second-order valence-corrected chi connectivity index (χ2v) is 5.73. The predicted molar refractivity (Wildman–Crippen MR) is 77.3 cm³/mol. The molecule has 1 spiro atoms. The summed E-state index contributed by atoms with van der Waals surface area (Å²) in [5.41, 5.74) is 2.53. The van der Waals surface area contributed by atoms with Crippen LogP contribution in [0, 0.1) is 0 Å². The van der Waals surface area contributed by atoms with Gasteiger partial charge in [0, 0.05) is 31.6 Å². The molecule has 1 aromatic heterocycles. The van der Waals surface area contributed by atoms with Gasteiger partial charge in [-0.3, -0.25) is 4.98 Å². The molecule has 0 unspecified atom stereocenters. The third-order valence-corrected chi connectivity index (χ3v) is 4.48. The van der Waals surface area contributed by atoms with Crippen molar-refractivity contribution < 1.29 is 9.47 Å². The zero-order chi connectivity index (χ0) is 13.8. The third-order valence-electron chi connectivity index (χ3n) is 4.48. The maximum atomic E-state index is 5.77. The number of nitrogens with one attached hydrogen (secondary N) is 1. The first-order chi connectivity index (χ1) is 9.81. The van der Waals surface area contributed by atoms with Gasteiger partial charge in [0.15, 0.2) is 5.79 Å².